The lowest BCUT2D eigenvalue weighted by molar-refractivity contribution is 0.105. The van der Waals surface area contributed by atoms with Crippen molar-refractivity contribution in [1.29, 1.82) is 0 Å². The number of hydrogen-bond donors (Lipinski definition) is 1. The number of ether oxygens (including phenoxy) is 1. The average Bonchev–Trinajstić information content (AvgIpc) is 2.47. The maximum atomic E-state index is 11.6. The van der Waals surface area contributed by atoms with Gasteiger partial charge in [-0.3, -0.25) is 0 Å². The van der Waals surface area contributed by atoms with Crippen molar-refractivity contribution in [3.63, 3.8) is 0 Å². The molecule has 0 bridgehead atoms. The summed E-state index contributed by atoms with van der Waals surface area (Å²) in [5.74, 6) is 0.797. The number of aromatic nitrogens is 1. The molecule has 1 amide bonds. The lowest BCUT2D eigenvalue weighted by Gasteiger charge is -2.35. The average molecular weight is 279 g/mol. The smallest absolute Gasteiger partial charge is 0.409 e. The second-order valence-electron chi connectivity index (χ2n) is 4.77. The van der Waals surface area contributed by atoms with Crippen LogP contribution in [0, 0.1) is 0 Å². The van der Waals surface area contributed by atoms with E-state index in [4.69, 9.17) is 4.74 Å². The lowest BCUT2D eigenvalue weighted by atomic mass is 10.1. The van der Waals surface area contributed by atoms with Crippen molar-refractivity contribution in [1.82, 2.24) is 9.88 Å². The summed E-state index contributed by atoms with van der Waals surface area (Å²) >= 11 is 0. The molecule has 6 nitrogen and oxygen atoms in total. The molecule has 20 heavy (non-hydrogen) atoms. The summed E-state index contributed by atoms with van der Waals surface area (Å²) in [5.41, 5.74) is 0.817. The maximum absolute atomic E-state index is 11.6. The Bertz CT molecular complexity index is 457. The number of aliphatic hydroxyl groups is 1. The van der Waals surface area contributed by atoms with Crippen LogP contribution in [-0.4, -0.2) is 53.9 Å². The molecule has 2 heterocycles. The minimum atomic E-state index is -0.554. The molecule has 1 aliphatic heterocycles. The molecule has 0 aromatic carbocycles. The quantitative estimate of drug-likeness (QED) is 0.906. The molecule has 1 aliphatic rings. The van der Waals surface area contributed by atoms with Crippen LogP contribution >= 0.6 is 0 Å². The zero-order chi connectivity index (χ0) is 14.5. The number of rotatable bonds is 3. The first-order chi connectivity index (χ1) is 9.63. The van der Waals surface area contributed by atoms with Crippen LogP contribution in [0.25, 0.3) is 0 Å². The summed E-state index contributed by atoms with van der Waals surface area (Å²) in [7, 11) is 0. The molecule has 0 saturated carbocycles. The zero-order valence-corrected chi connectivity index (χ0v) is 12.0. The van der Waals surface area contributed by atoms with E-state index in [9.17, 15) is 9.90 Å². The summed E-state index contributed by atoms with van der Waals surface area (Å²) in [4.78, 5) is 19.8. The molecular weight excluding hydrogens is 258 g/mol. The number of carbonyl (C=O) groups excluding carboxylic acids is 1. The molecule has 1 atom stereocenters. The molecule has 2 rings (SSSR count). The number of anilines is 1. The van der Waals surface area contributed by atoms with Gasteiger partial charge in [0, 0.05) is 37.9 Å². The molecule has 110 valence electrons. The van der Waals surface area contributed by atoms with Crippen LogP contribution in [0.3, 0.4) is 0 Å². The fraction of sp³-hybridized carbons (Fsp3) is 0.571. The molecule has 1 aromatic rings. The summed E-state index contributed by atoms with van der Waals surface area (Å²) < 4.78 is 5.00. The lowest BCUT2D eigenvalue weighted by Crippen LogP contribution is -2.49. The standard InChI is InChI=1S/C14H21N3O3/c1-3-20-14(19)17-9-7-16(8-10-17)13-12(11(2)18)5-4-6-15-13/h4-6,11,18H,3,7-10H2,1-2H3/t11-/m1/s1. The summed E-state index contributed by atoms with van der Waals surface area (Å²) in [5, 5.41) is 9.79. The predicted octanol–water partition coefficient (Wildman–Crippen LogP) is 1.41. The number of carbonyl (C=O) groups is 1. The van der Waals surface area contributed by atoms with Gasteiger partial charge in [0.1, 0.15) is 5.82 Å². The number of hydrogen-bond acceptors (Lipinski definition) is 5. The number of piperazine rings is 1. The Balaban J connectivity index is 2.02. The van der Waals surface area contributed by atoms with E-state index in [1.165, 1.54) is 0 Å². The van der Waals surface area contributed by atoms with Gasteiger partial charge in [-0.15, -0.1) is 0 Å². The number of amides is 1. The van der Waals surface area contributed by atoms with Crippen molar-refractivity contribution in [2.24, 2.45) is 0 Å². The van der Waals surface area contributed by atoms with E-state index in [0.29, 0.717) is 32.8 Å². The van der Waals surface area contributed by atoms with Crippen LogP contribution in [0.15, 0.2) is 18.3 Å². The third kappa shape index (κ3) is 3.19. The highest BCUT2D eigenvalue weighted by molar-refractivity contribution is 5.68. The largest absolute Gasteiger partial charge is 0.450 e. The first-order valence-electron chi connectivity index (χ1n) is 6.93. The Kier molecular flexibility index (Phi) is 4.79. The van der Waals surface area contributed by atoms with Gasteiger partial charge in [-0.2, -0.15) is 0 Å². The Morgan fingerprint density at radius 1 is 1.45 bits per heavy atom. The summed E-state index contributed by atoms with van der Waals surface area (Å²) in [6.07, 6.45) is 0.907. The van der Waals surface area contributed by atoms with E-state index in [1.54, 1.807) is 24.9 Å². The highest BCUT2D eigenvalue weighted by Gasteiger charge is 2.24. The third-order valence-corrected chi connectivity index (χ3v) is 3.37. The molecule has 0 radical (unpaired) electrons. The topological polar surface area (TPSA) is 65.9 Å². The molecule has 1 fully saturated rings. The predicted molar refractivity (Wildman–Crippen MR) is 75.7 cm³/mol. The highest BCUT2D eigenvalue weighted by atomic mass is 16.6. The van der Waals surface area contributed by atoms with Crippen molar-refractivity contribution in [3.8, 4) is 0 Å². The van der Waals surface area contributed by atoms with E-state index in [2.05, 4.69) is 9.88 Å². The fourth-order valence-electron chi connectivity index (χ4n) is 2.32. The Morgan fingerprint density at radius 3 is 2.75 bits per heavy atom. The second-order valence-corrected chi connectivity index (χ2v) is 4.77. The van der Waals surface area contributed by atoms with Gasteiger partial charge in [0.05, 0.1) is 12.7 Å². The van der Waals surface area contributed by atoms with Crippen molar-refractivity contribution in [2.75, 3.05) is 37.7 Å². The van der Waals surface area contributed by atoms with Gasteiger partial charge < -0.3 is 19.6 Å². The number of pyridine rings is 1. The van der Waals surface area contributed by atoms with Crippen molar-refractivity contribution >= 4 is 11.9 Å². The normalized spacial score (nSPS) is 16.9. The Labute approximate surface area is 119 Å². The van der Waals surface area contributed by atoms with Gasteiger partial charge in [0.15, 0.2) is 0 Å². The van der Waals surface area contributed by atoms with Crippen LogP contribution in [0.5, 0.6) is 0 Å². The minimum Gasteiger partial charge on any atom is -0.450 e. The van der Waals surface area contributed by atoms with Gasteiger partial charge in [0.25, 0.3) is 0 Å². The molecule has 1 saturated heterocycles. The summed E-state index contributed by atoms with van der Waals surface area (Å²) in [6, 6.07) is 3.70. The molecule has 0 aliphatic carbocycles. The molecule has 0 spiro atoms. The molecule has 0 unspecified atom stereocenters. The third-order valence-electron chi connectivity index (χ3n) is 3.37. The number of aliphatic hydroxyl groups excluding tert-OH is 1. The minimum absolute atomic E-state index is 0.260. The Morgan fingerprint density at radius 2 is 2.15 bits per heavy atom. The maximum Gasteiger partial charge on any atom is 0.409 e. The molecular formula is C14H21N3O3. The van der Waals surface area contributed by atoms with Crippen molar-refractivity contribution < 1.29 is 14.6 Å². The van der Waals surface area contributed by atoms with E-state index in [1.807, 2.05) is 12.1 Å². The Hall–Kier alpha value is -1.82. The SMILES string of the molecule is CCOC(=O)N1CCN(c2ncccc2[C@@H](C)O)CC1. The van der Waals surface area contributed by atoms with Crippen molar-refractivity contribution in [2.45, 2.75) is 20.0 Å². The van der Waals surface area contributed by atoms with Gasteiger partial charge in [0.2, 0.25) is 0 Å². The first-order valence-corrected chi connectivity index (χ1v) is 6.93. The van der Waals surface area contributed by atoms with Crippen LogP contribution in [0.2, 0.25) is 0 Å². The van der Waals surface area contributed by atoms with Crippen LogP contribution in [-0.2, 0) is 4.74 Å². The molecule has 1 aromatic heterocycles. The van der Waals surface area contributed by atoms with E-state index >= 15 is 0 Å². The molecule has 6 heteroatoms. The van der Waals surface area contributed by atoms with Crippen molar-refractivity contribution in [3.05, 3.63) is 23.9 Å². The van der Waals surface area contributed by atoms with E-state index in [-0.39, 0.29) is 6.09 Å². The molecule has 1 N–H and O–H groups in total. The van der Waals surface area contributed by atoms with E-state index in [0.717, 1.165) is 11.4 Å². The van der Waals surface area contributed by atoms with Crippen LogP contribution in [0.1, 0.15) is 25.5 Å². The summed E-state index contributed by atoms with van der Waals surface area (Å²) in [6.45, 7) is 6.52. The van der Waals surface area contributed by atoms with Crippen LogP contribution in [0.4, 0.5) is 10.6 Å². The highest BCUT2D eigenvalue weighted by Crippen LogP contribution is 2.24. The fourth-order valence-corrected chi connectivity index (χ4v) is 2.32. The van der Waals surface area contributed by atoms with Gasteiger partial charge >= 0.3 is 6.09 Å². The van der Waals surface area contributed by atoms with Gasteiger partial charge in [-0.05, 0) is 19.9 Å². The first kappa shape index (κ1) is 14.6. The van der Waals surface area contributed by atoms with E-state index < -0.39 is 6.10 Å². The second kappa shape index (κ2) is 6.56. The monoisotopic (exact) mass is 279 g/mol. The van der Waals surface area contributed by atoms with Gasteiger partial charge in [-0.1, -0.05) is 6.07 Å². The number of nitrogens with zero attached hydrogens (tertiary/aromatic N) is 3. The van der Waals surface area contributed by atoms with Crippen LogP contribution < -0.4 is 4.90 Å². The van der Waals surface area contributed by atoms with Gasteiger partial charge in [-0.25, -0.2) is 9.78 Å². The zero-order valence-electron chi connectivity index (χ0n) is 12.0.